The van der Waals surface area contributed by atoms with Gasteiger partial charge in [0.15, 0.2) is 5.78 Å². The summed E-state index contributed by atoms with van der Waals surface area (Å²) in [5.74, 6) is 0.183. The van der Waals surface area contributed by atoms with Gasteiger partial charge in [0.1, 0.15) is 0 Å². The lowest BCUT2D eigenvalue weighted by molar-refractivity contribution is 0.0971. The number of para-hydroxylation sites is 1. The highest BCUT2D eigenvalue weighted by Gasteiger charge is 2.27. The predicted molar refractivity (Wildman–Crippen MR) is 77.8 cm³/mol. The minimum absolute atomic E-state index is 0.126. The van der Waals surface area contributed by atoms with Crippen LogP contribution in [0.25, 0.3) is 0 Å². The van der Waals surface area contributed by atoms with Crippen molar-refractivity contribution in [2.75, 3.05) is 5.32 Å². The summed E-state index contributed by atoms with van der Waals surface area (Å²) in [5.41, 5.74) is 5.40. The highest BCUT2D eigenvalue weighted by Crippen LogP contribution is 2.27. The fraction of sp³-hybridized carbons (Fsp3) is 0.235. The molecular formula is C17H17NO. The fourth-order valence-corrected chi connectivity index (χ4v) is 2.77. The molecular weight excluding hydrogens is 234 g/mol. The second-order valence-electron chi connectivity index (χ2n) is 5.30. The molecule has 0 aliphatic carbocycles. The van der Waals surface area contributed by atoms with E-state index in [1.165, 1.54) is 5.56 Å². The van der Waals surface area contributed by atoms with Crippen LogP contribution < -0.4 is 5.32 Å². The van der Waals surface area contributed by atoms with Crippen molar-refractivity contribution in [3.8, 4) is 0 Å². The van der Waals surface area contributed by atoms with E-state index in [1.54, 1.807) is 0 Å². The molecule has 0 radical (unpaired) electrons. The standard InChI is InChI=1S/C17H17NO/c1-11-7-12(2)9-14(8-11)17(19)16-10-13-5-3-4-6-15(13)18-16/h3-9,16,18H,10H2,1-2H3. The lowest BCUT2D eigenvalue weighted by Crippen LogP contribution is -2.27. The Morgan fingerprint density at radius 3 is 2.47 bits per heavy atom. The molecule has 1 atom stereocenters. The van der Waals surface area contributed by atoms with E-state index in [9.17, 15) is 4.79 Å². The molecule has 2 aromatic rings. The highest BCUT2D eigenvalue weighted by atomic mass is 16.1. The Hall–Kier alpha value is -2.09. The molecule has 2 heteroatoms. The molecule has 3 rings (SSSR count). The monoisotopic (exact) mass is 251 g/mol. The zero-order chi connectivity index (χ0) is 13.4. The Morgan fingerprint density at radius 1 is 1.11 bits per heavy atom. The van der Waals surface area contributed by atoms with Gasteiger partial charge in [-0.25, -0.2) is 0 Å². The number of carbonyl (C=O) groups excluding carboxylic acids is 1. The van der Waals surface area contributed by atoms with E-state index in [0.717, 1.165) is 28.8 Å². The van der Waals surface area contributed by atoms with Crippen LogP contribution in [0.2, 0.25) is 0 Å². The number of hydrogen-bond acceptors (Lipinski definition) is 2. The molecule has 96 valence electrons. The van der Waals surface area contributed by atoms with Gasteiger partial charge in [0.05, 0.1) is 6.04 Å². The topological polar surface area (TPSA) is 29.1 Å². The molecule has 19 heavy (non-hydrogen) atoms. The summed E-state index contributed by atoms with van der Waals surface area (Å²) in [5, 5.41) is 3.32. The first-order valence-corrected chi connectivity index (χ1v) is 6.60. The number of fused-ring (bicyclic) bond motifs is 1. The molecule has 0 bridgehead atoms. The van der Waals surface area contributed by atoms with Crippen molar-refractivity contribution in [1.29, 1.82) is 0 Å². The summed E-state index contributed by atoms with van der Waals surface area (Å²) < 4.78 is 0. The van der Waals surface area contributed by atoms with E-state index in [2.05, 4.69) is 17.4 Å². The largest absolute Gasteiger partial charge is 0.374 e. The van der Waals surface area contributed by atoms with Crippen molar-refractivity contribution in [2.45, 2.75) is 26.3 Å². The van der Waals surface area contributed by atoms with E-state index < -0.39 is 0 Å². The van der Waals surface area contributed by atoms with Gasteiger partial charge in [-0.05, 0) is 37.6 Å². The molecule has 0 saturated carbocycles. The number of anilines is 1. The second kappa shape index (κ2) is 4.54. The quantitative estimate of drug-likeness (QED) is 0.827. The van der Waals surface area contributed by atoms with Crippen molar-refractivity contribution in [3.05, 3.63) is 64.7 Å². The lowest BCUT2D eigenvalue weighted by atomic mass is 9.98. The third-order valence-electron chi connectivity index (χ3n) is 3.59. The van der Waals surface area contributed by atoms with Crippen LogP contribution in [0.1, 0.15) is 27.0 Å². The summed E-state index contributed by atoms with van der Waals surface area (Å²) in [6, 6.07) is 14.0. The molecule has 0 amide bonds. The van der Waals surface area contributed by atoms with Crippen LogP contribution in [-0.4, -0.2) is 11.8 Å². The van der Waals surface area contributed by atoms with Crippen LogP contribution in [-0.2, 0) is 6.42 Å². The van der Waals surface area contributed by atoms with E-state index in [0.29, 0.717) is 0 Å². The summed E-state index contributed by atoms with van der Waals surface area (Å²) in [6.07, 6.45) is 0.780. The first kappa shape index (κ1) is 12.0. The zero-order valence-corrected chi connectivity index (χ0v) is 11.2. The minimum Gasteiger partial charge on any atom is -0.374 e. The maximum absolute atomic E-state index is 12.6. The van der Waals surface area contributed by atoms with Crippen molar-refractivity contribution >= 4 is 11.5 Å². The van der Waals surface area contributed by atoms with Gasteiger partial charge in [-0.3, -0.25) is 4.79 Å². The van der Waals surface area contributed by atoms with Crippen LogP contribution in [0, 0.1) is 13.8 Å². The Bertz CT molecular complexity index is 600. The SMILES string of the molecule is Cc1cc(C)cc(C(=O)C2Cc3ccccc3N2)c1. The summed E-state index contributed by atoms with van der Waals surface area (Å²) >= 11 is 0. The first-order chi connectivity index (χ1) is 9.13. The molecule has 2 aromatic carbocycles. The van der Waals surface area contributed by atoms with Crippen LogP contribution >= 0.6 is 0 Å². The minimum atomic E-state index is -0.126. The molecule has 1 aliphatic heterocycles. The van der Waals surface area contributed by atoms with E-state index >= 15 is 0 Å². The van der Waals surface area contributed by atoms with Crippen LogP contribution in [0.3, 0.4) is 0 Å². The van der Waals surface area contributed by atoms with Crippen molar-refractivity contribution in [3.63, 3.8) is 0 Å². The van der Waals surface area contributed by atoms with E-state index in [-0.39, 0.29) is 11.8 Å². The maximum Gasteiger partial charge on any atom is 0.185 e. The fourth-order valence-electron chi connectivity index (χ4n) is 2.77. The van der Waals surface area contributed by atoms with Gasteiger partial charge in [-0.15, -0.1) is 0 Å². The Morgan fingerprint density at radius 2 is 1.79 bits per heavy atom. The maximum atomic E-state index is 12.6. The lowest BCUT2D eigenvalue weighted by Gasteiger charge is -2.11. The molecule has 2 nitrogen and oxygen atoms in total. The number of carbonyl (C=O) groups is 1. The van der Waals surface area contributed by atoms with Crippen molar-refractivity contribution < 1.29 is 4.79 Å². The van der Waals surface area contributed by atoms with Crippen molar-refractivity contribution in [1.82, 2.24) is 0 Å². The number of hydrogen-bond donors (Lipinski definition) is 1. The molecule has 1 N–H and O–H groups in total. The Balaban J connectivity index is 1.87. The molecule has 1 aliphatic rings. The number of nitrogens with one attached hydrogen (secondary N) is 1. The Labute approximate surface area is 113 Å². The molecule has 0 aromatic heterocycles. The third kappa shape index (κ3) is 2.26. The van der Waals surface area contributed by atoms with Gasteiger partial charge in [0.25, 0.3) is 0 Å². The summed E-state index contributed by atoms with van der Waals surface area (Å²) in [6.45, 7) is 4.06. The average molecular weight is 251 g/mol. The van der Waals surface area contributed by atoms with Crippen molar-refractivity contribution in [2.24, 2.45) is 0 Å². The summed E-state index contributed by atoms with van der Waals surface area (Å²) in [7, 11) is 0. The van der Waals surface area contributed by atoms with E-state index in [1.807, 2.05) is 44.2 Å². The van der Waals surface area contributed by atoms with Gasteiger partial charge in [-0.2, -0.15) is 0 Å². The molecule has 0 fully saturated rings. The Kier molecular flexibility index (Phi) is 2.86. The normalized spacial score (nSPS) is 16.8. The first-order valence-electron chi connectivity index (χ1n) is 6.60. The van der Waals surface area contributed by atoms with Crippen LogP contribution in [0.4, 0.5) is 5.69 Å². The molecule has 1 unspecified atom stereocenters. The summed E-state index contributed by atoms with van der Waals surface area (Å²) in [4.78, 5) is 12.6. The van der Waals surface area contributed by atoms with Gasteiger partial charge in [-0.1, -0.05) is 35.4 Å². The van der Waals surface area contributed by atoms with Gasteiger partial charge >= 0.3 is 0 Å². The van der Waals surface area contributed by atoms with Gasteiger partial charge in [0, 0.05) is 17.7 Å². The third-order valence-corrected chi connectivity index (χ3v) is 3.59. The second-order valence-corrected chi connectivity index (χ2v) is 5.30. The highest BCUT2D eigenvalue weighted by molar-refractivity contribution is 6.03. The van der Waals surface area contributed by atoms with Crippen LogP contribution in [0.5, 0.6) is 0 Å². The molecule has 0 saturated heterocycles. The zero-order valence-electron chi connectivity index (χ0n) is 11.2. The smallest absolute Gasteiger partial charge is 0.185 e. The number of rotatable bonds is 2. The molecule has 0 spiro atoms. The molecule has 1 heterocycles. The number of aryl methyl sites for hydroxylation is 2. The number of Topliss-reactive ketones (excluding diaryl/α,β-unsaturated/α-hetero) is 1. The number of benzene rings is 2. The average Bonchev–Trinajstić information content (AvgIpc) is 2.80. The van der Waals surface area contributed by atoms with Gasteiger partial charge in [0.2, 0.25) is 0 Å². The van der Waals surface area contributed by atoms with Gasteiger partial charge < -0.3 is 5.32 Å². The predicted octanol–water partition coefficient (Wildman–Crippen LogP) is 3.52. The van der Waals surface area contributed by atoms with E-state index in [4.69, 9.17) is 0 Å². The van der Waals surface area contributed by atoms with Crippen LogP contribution in [0.15, 0.2) is 42.5 Å². The number of ketones is 1.